The third-order valence-electron chi connectivity index (χ3n) is 7.96. The summed E-state index contributed by atoms with van der Waals surface area (Å²) in [6.45, 7) is 2.04. The number of ether oxygens (including phenoxy) is 2. The van der Waals surface area contributed by atoms with Crippen molar-refractivity contribution in [3.05, 3.63) is 89.7 Å². The lowest BCUT2D eigenvalue weighted by Gasteiger charge is -2.32. The fourth-order valence-corrected chi connectivity index (χ4v) is 5.73. The van der Waals surface area contributed by atoms with E-state index in [0.717, 1.165) is 43.4 Å². The second-order valence-corrected chi connectivity index (χ2v) is 10.7. The molecule has 2 aliphatic carbocycles. The van der Waals surface area contributed by atoms with Gasteiger partial charge in [0.15, 0.2) is 17.8 Å². The van der Waals surface area contributed by atoms with E-state index in [-0.39, 0.29) is 30.8 Å². The molecule has 2 aliphatic rings. The van der Waals surface area contributed by atoms with Crippen LogP contribution in [0.1, 0.15) is 75.3 Å². The van der Waals surface area contributed by atoms with Crippen LogP contribution in [0.5, 0.6) is 11.5 Å². The molecule has 216 valence electrons. The third kappa shape index (κ3) is 7.95. The Morgan fingerprint density at radius 3 is 2.12 bits per heavy atom. The molecule has 0 unspecified atom stereocenters. The summed E-state index contributed by atoms with van der Waals surface area (Å²) < 4.78 is 92.0. The molecule has 0 aromatic heterocycles. The van der Waals surface area contributed by atoms with Crippen LogP contribution in [-0.2, 0) is 0 Å². The van der Waals surface area contributed by atoms with Crippen LogP contribution < -0.4 is 9.47 Å². The van der Waals surface area contributed by atoms with Crippen molar-refractivity contribution in [2.45, 2.75) is 70.3 Å². The Morgan fingerprint density at radius 1 is 0.825 bits per heavy atom. The van der Waals surface area contributed by atoms with E-state index in [0.29, 0.717) is 36.3 Å². The molecule has 40 heavy (non-hydrogen) atoms. The summed E-state index contributed by atoms with van der Waals surface area (Å²) in [6, 6.07) is 8.09. The lowest BCUT2D eigenvalue weighted by atomic mass is 9.78. The first-order valence-electron chi connectivity index (χ1n) is 13.8. The number of alkyl halides is 2. The van der Waals surface area contributed by atoms with Gasteiger partial charge in [-0.2, -0.15) is 17.6 Å². The molecule has 2 fully saturated rings. The second kappa shape index (κ2) is 13.5. The van der Waals surface area contributed by atoms with Crippen LogP contribution in [0.2, 0.25) is 0 Å². The van der Waals surface area contributed by atoms with E-state index in [1.807, 2.05) is 19.1 Å². The van der Waals surface area contributed by atoms with Gasteiger partial charge in [-0.15, -0.1) is 0 Å². The number of hydrogen-bond donors (Lipinski definition) is 0. The van der Waals surface area contributed by atoms with Crippen molar-refractivity contribution in [3.63, 3.8) is 0 Å². The molecule has 2 aromatic carbocycles. The van der Waals surface area contributed by atoms with Crippen molar-refractivity contribution in [1.29, 1.82) is 0 Å². The van der Waals surface area contributed by atoms with Crippen LogP contribution in [0.25, 0.3) is 6.08 Å². The first-order chi connectivity index (χ1) is 19.1. The number of allylic oxidation sites excluding steroid dienone is 3. The van der Waals surface area contributed by atoms with Gasteiger partial charge in [0, 0.05) is 11.6 Å². The summed E-state index contributed by atoms with van der Waals surface area (Å²) in [5.41, 5.74) is 1.52. The van der Waals surface area contributed by atoms with Crippen molar-refractivity contribution in [3.8, 4) is 11.5 Å². The topological polar surface area (TPSA) is 18.5 Å². The average Bonchev–Trinajstić information content (AvgIpc) is 2.92. The molecule has 0 amide bonds. The van der Waals surface area contributed by atoms with E-state index in [2.05, 4.69) is 16.9 Å². The van der Waals surface area contributed by atoms with Crippen LogP contribution >= 0.6 is 0 Å². The zero-order valence-electron chi connectivity index (χ0n) is 22.4. The molecule has 0 atom stereocenters. The predicted octanol–water partition coefficient (Wildman–Crippen LogP) is 10.4. The number of benzene rings is 2. The number of rotatable bonds is 9. The summed E-state index contributed by atoms with van der Waals surface area (Å²) in [7, 11) is 0. The minimum absolute atomic E-state index is 0.0332. The minimum Gasteiger partial charge on any atom is -0.456 e. The number of hydrogen-bond acceptors (Lipinski definition) is 2. The van der Waals surface area contributed by atoms with E-state index in [4.69, 9.17) is 4.74 Å². The van der Waals surface area contributed by atoms with E-state index < -0.39 is 35.4 Å². The van der Waals surface area contributed by atoms with Gasteiger partial charge in [-0.3, -0.25) is 0 Å². The zero-order valence-corrected chi connectivity index (χ0v) is 22.4. The first kappa shape index (κ1) is 29.8. The van der Waals surface area contributed by atoms with Crippen LogP contribution in [-0.4, -0.2) is 6.11 Å². The van der Waals surface area contributed by atoms with Gasteiger partial charge in [0.05, 0.1) is 5.92 Å². The molecule has 0 spiro atoms. The molecule has 0 bridgehead atoms. The molecule has 0 heterocycles. The van der Waals surface area contributed by atoms with Crippen molar-refractivity contribution < 1.29 is 35.8 Å². The summed E-state index contributed by atoms with van der Waals surface area (Å²) in [6.07, 6.45) is 8.00. The minimum atomic E-state index is -3.54. The zero-order chi connectivity index (χ0) is 28.7. The molecular formula is C32H34F6O2. The molecule has 2 aromatic rings. The molecule has 8 heteroatoms. The summed E-state index contributed by atoms with van der Waals surface area (Å²) in [4.78, 5) is 0. The highest BCUT2D eigenvalue weighted by molar-refractivity contribution is 5.51. The van der Waals surface area contributed by atoms with E-state index in [9.17, 15) is 26.3 Å². The predicted molar refractivity (Wildman–Crippen MR) is 143 cm³/mol. The average molecular weight is 565 g/mol. The van der Waals surface area contributed by atoms with Gasteiger partial charge in [-0.1, -0.05) is 36.4 Å². The quantitative estimate of drug-likeness (QED) is 0.171. The van der Waals surface area contributed by atoms with Gasteiger partial charge in [0.2, 0.25) is 0 Å². The van der Waals surface area contributed by atoms with Gasteiger partial charge in [-0.05, 0) is 99.8 Å². The van der Waals surface area contributed by atoms with Gasteiger partial charge >= 0.3 is 12.2 Å². The Morgan fingerprint density at radius 2 is 1.50 bits per heavy atom. The summed E-state index contributed by atoms with van der Waals surface area (Å²) in [5, 5.41) is 0. The van der Waals surface area contributed by atoms with E-state index >= 15 is 0 Å². The second-order valence-electron chi connectivity index (χ2n) is 10.7. The highest BCUT2D eigenvalue weighted by Gasteiger charge is 2.43. The van der Waals surface area contributed by atoms with E-state index in [1.165, 1.54) is 0 Å². The SMILES string of the molecule is CC=CC1CCC(c2ccc(C=CC3CCC(C(F)(F)Oc4ccc(OC=C(F)F)c(F)c4)CC3)c(F)c2)CC1. The van der Waals surface area contributed by atoms with Crippen molar-refractivity contribution in [2.75, 3.05) is 0 Å². The Hall–Kier alpha value is -3.16. The number of halogens is 6. The van der Waals surface area contributed by atoms with Crippen LogP contribution in [0.15, 0.2) is 67.0 Å². The normalized spacial score (nSPS) is 23.9. The Bertz CT molecular complexity index is 1220. The van der Waals surface area contributed by atoms with Gasteiger partial charge in [0.25, 0.3) is 0 Å². The van der Waals surface area contributed by atoms with Gasteiger partial charge < -0.3 is 9.47 Å². The van der Waals surface area contributed by atoms with Crippen molar-refractivity contribution in [2.24, 2.45) is 17.8 Å². The maximum atomic E-state index is 14.9. The molecule has 0 N–H and O–H groups in total. The molecular weight excluding hydrogens is 530 g/mol. The summed E-state index contributed by atoms with van der Waals surface area (Å²) >= 11 is 0. The lowest BCUT2D eigenvalue weighted by molar-refractivity contribution is -0.223. The van der Waals surface area contributed by atoms with Crippen molar-refractivity contribution >= 4 is 6.08 Å². The van der Waals surface area contributed by atoms with Crippen LogP contribution in [0, 0.1) is 29.4 Å². The smallest absolute Gasteiger partial charge is 0.400 e. The molecule has 0 aliphatic heterocycles. The Balaban J connectivity index is 1.28. The summed E-state index contributed by atoms with van der Waals surface area (Å²) in [5.74, 6) is -2.38. The fraction of sp³-hybridized carbons (Fsp3) is 0.438. The third-order valence-corrected chi connectivity index (χ3v) is 7.96. The first-order valence-corrected chi connectivity index (χ1v) is 13.8. The largest absolute Gasteiger partial charge is 0.456 e. The molecule has 2 nitrogen and oxygen atoms in total. The highest BCUT2D eigenvalue weighted by atomic mass is 19.3. The molecule has 0 radical (unpaired) electrons. The Kier molecular flexibility index (Phi) is 10.0. The maximum Gasteiger partial charge on any atom is 0.400 e. The lowest BCUT2D eigenvalue weighted by Crippen LogP contribution is -2.37. The van der Waals surface area contributed by atoms with Gasteiger partial charge in [0.1, 0.15) is 11.6 Å². The standard InChI is InChI=1S/C32H34F6O2/c1-2-3-21-4-9-23(10-5-21)25-13-12-24(28(33)18-25)11-6-22-7-14-26(15-8-22)32(37,38)40-27-16-17-30(29(34)19-27)39-20-31(35)36/h2-3,6,11-13,16-23,26H,4-5,7-10,14-15H2,1H3. The molecule has 0 saturated heterocycles. The van der Waals surface area contributed by atoms with Crippen LogP contribution in [0.4, 0.5) is 26.3 Å². The fourth-order valence-electron chi connectivity index (χ4n) is 5.73. The van der Waals surface area contributed by atoms with Crippen LogP contribution in [0.3, 0.4) is 0 Å². The Labute approximate surface area is 231 Å². The maximum absolute atomic E-state index is 14.9. The molecule has 4 rings (SSSR count). The van der Waals surface area contributed by atoms with Crippen molar-refractivity contribution in [1.82, 2.24) is 0 Å². The highest BCUT2D eigenvalue weighted by Crippen LogP contribution is 2.41. The van der Waals surface area contributed by atoms with E-state index in [1.54, 1.807) is 18.2 Å². The van der Waals surface area contributed by atoms with Gasteiger partial charge in [-0.25, -0.2) is 8.78 Å². The molecule has 2 saturated carbocycles. The monoisotopic (exact) mass is 564 g/mol.